The summed E-state index contributed by atoms with van der Waals surface area (Å²) in [5.41, 5.74) is 8.88. The molecule has 0 saturated carbocycles. The number of hydrogen-bond donors (Lipinski definition) is 2. The Bertz CT molecular complexity index is 462. The number of aryl methyl sites for hydroxylation is 1. The van der Waals surface area contributed by atoms with Gasteiger partial charge in [-0.15, -0.1) is 11.3 Å². The van der Waals surface area contributed by atoms with Crippen LogP contribution >= 0.6 is 11.3 Å². The minimum absolute atomic E-state index is 0.812. The van der Waals surface area contributed by atoms with E-state index < -0.39 is 0 Å². The minimum atomic E-state index is 0.812. The van der Waals surface area contributed by atoms with Crippen molar-refractivity contribution >= 4 is 17.0 Å². The van der Waals surface area contributed by atoms with Crippen LogP contribution in [0.2, 0.25) is 0 Å². The highest BCUT2D eigenvalue weighted by Crippen LogP contribution is 2.08. The number of nitrogens with zero attached hydrogens (tertiary/aromatic N) is 1. The molecule has 3 nitrogen and oxygen atoms in total. The molecular formula is C13H17N3S. The molecule has 1 aromatic carbocycles. The van der Waals surface area contributed by atoms with Crippen LogP contribution in [-0.4, -0.2) is 11.5 Å². The number of hydrogen-bond acceptors (Lipinski definition) is 4. The summed E-state index contributed by atoms with van der Waals surface area (Å²) in [4.78, 5) is 4.43. The first-order chi connectivity index (χ1) is 8.24. The molecule has 0 aliphatic rings. The topological polar surface area (TPSA) is 50.9 Å². The van der Waals surface area contributed by atoms with Gasteiger partial charge in [0.1, 0.15) is 0 Å². The van der Waals surface area contributed by atoms with E-state index in [1.807, 2.05) is 19.1 Å². The lowest BCUT2D eigenvalue weighted by molar-refractivity contribution is 0.681. The summed E-state index contributed by atoms with van der Waals surface area (Å²) in [5, 5.41) is 6.67. The highest BCUT2D eigenvalue weighted by molar-refractivity contribution is 7.09. The first-order valence-corrected chi connectivity index (χ1v) is 6.58. The van der Waals surface area contributed by atoms with E-state index in [9.17, 15) is 0 Å². The van der Waals surface area contributed by atoms with Crippen LogP contribution in [0.3, 0.4) is 0 Å². The van der Waals surface area contributed by atoms with Crippen molar-refractivity contribution in [3.8, 4) is 0 Å². The molecule has 1 aromatic heterocycles. The number of aromatic nitrogens is 1. The fraction of sp³-hybridized carbons (Fsp3) is 0.308. The number of rotatable bonds is 5. The van der Waals surface area contributed by atoms with Crippen molar-refractivity contribution < 1.29 is 0 Å². The van der Waals surface area contributed by atoms with Crippen LogP contribution in [0, 0.1) is 6.92 Å². The Kier molecular flexibility index (Phi) is 4.12. The average Bonchev–Trinajstić information content (AvgIpc) is 2.73. The molecule has 0 fully saturated rings. The molecule has 0 radical (unpaired) electrons. The summed E-state index contributed by atoms with van der Waals surface area (Å²) in [7, 11) is 0. The highest BCUT2D eigenvalue weighted by atomic mass is 32.1. The Balaban J connectivity index is 1.71. The molecule has 4 heteroatoms. The lowest BCUT2D eigenvalue weighted by Gasteiger charge is -2.04. The van der Waals surface area contributed by atoms with E-state index in [4.69, 9.17) is 5.73 Å². The van der Waals surface area contributed by atoms with Crippen LogP contribution in [0.15, 0.2) is 29.6 Å². The van der Waals surface area contributed by atoms with Gasteiger partial charge in [-0.25, -0.2) is 4.98 Å². The largest absolute Gasteiger partial charge is 0.399 e. The van der Waals surface area contributed by atoms with Gasteiger partial charge in [0.05, 0.1) is 10.7 Å². The molecule has 2 rings (SSSR count). The zero-order chi connectivity index (χ0) is 12.1. The molecule has 2 aromatic rings. The third kappa shape index (κ3) is 3.84. The summed E-state index contributed by atoms with van der Waals surface area (Å²) in [5.74, 6) is 0. The fourth-order valence-corrected chi connectivity index (χ4v) is 2.25. The second-order valence-electron chi connectivity index (χ2n) is 4.03. The van der Waals surface area contributed by atoms with E-state index in [0.29, 0.717) is 0 Å². The molecule has 17 heavy (non-hydrogen) atoms. The van der Waals surface area contributed by atoms with Gasteiger partial charge in [-0.3, -0.25) is 0 Å². The predicted octanol–water partition coefficient (Wildman–Crippen LogP) is 2.37. The van der Waals surface area contributed by atoms with Gasteiger partial charge >= 0.3 is 0 Å². The summed E-state index contributed by atoms with van der Waals surface area (Å²) >= 11 is 1.71. The van der Waals surface area contributed by atoms with Crippen LogP contribution in [-0.2, 0) is 13.0 Å². The Morgan fingerprint density at radius 1 is 1.29 bits per heavy atom. The van der Waals surface area contributed by atoms with E-state index in [0.717, 1.165) is 30.2 Å². The molecular weight excluding hydrogens is 230 g/mol. The maximum absolute atomic E-state index is 5.63. The highest BCUT2D eigenvalue weighted by Gasteiger charge is 1.98. The molecule has 0 bridgehead atoms. The van der Waals surface area contributed by atoms with Crippen molar-refractivity contribution in [2.45, 2.75) is 19.9 Å². The van der Waals surface area contributed by atoms with Gasteiger partial charge in [0.15, 0.2) is 0 Å². The molecule has 90 valence electrons. The molecule has 1 heterocycles. The Morgan fingerprint density at radius 2 is 2.06 bits per heavy atom. The van der Waals surface area contributed by atoms with Gasteiger partial charge in [-0.2, -0.15) is 0 Å². The quantitative estimate of drug-likeness (QED) is 0.630. The molecule has 3 N–H and O–H groups in total. The van der Waals surface area contributed by atoms with Crippen molar-refractivity contribution in [2.75, 3.05) is 12.3 Å². The zero-order valence-corrected chi connectivity index (χ0v) is 10.8. The summed E-state index contributed by atoms with van der Waals surface area (Å²) in [6.07, 6.45) is 0.985. The Labute approximate surface area is 106 Å². The predicted molar refractivity (Wildman–Crippen MR) is 73.1 cm³/mol. The lowest BCUT2D eigenvalue weighted by Crippen LogP contribution is -2.16. The van der Waals surface area contributed by atoms with E-state index in [1.54, 1.807) is 11.3 Å². The van der Waals surface area contributed by atoms with Crippen LogP contribution in [0.4, 0.5) is 5.69 Å². The van der Waals surface area contributed by atoms with Gasteiger partial charge in [0.25, 0.3) is 0 Å². The van der Waals surface area contributed by atoms with Gasteiger partial charge in [-0.05, 0) is 24.6 Å². The Morgan fingerprint density at radius 3 is 2.71 bits per heavy atom. The number of anilines is 1. The third-order valence-electron chi connectivity index (χ3n) is 2.53. The van der Waals surface area contributed by atoms with E-state index in [2.05, 4.69) is 27.8 Å². The number of benzene rings is 1. The first-order valence-electron chi connectivity index (χ1n) is 5.70. The molecule has 0 amide bonds. The Hall–Kier alpha value is -1.39. The van der Waals surface area contributed by atoms with Gasteiger partial charge < -0.3 is 11.1 Å². The van der Waals surface area contributed by atoms with Crippen LogP contribution in [0.25, 0.3) is 0 Å². The van der Waals surface area contributed by atoms with Crippen molar-refractivity contribution in [3.63, 3.8) is 0 Å². The second kappa shape index (κ2) is 5.80. The van der Waals surface area contributed by atoms with Gasteiger partial charge in [-0.1, -0.05) is 12.1 Å². The van der Waals surface area contributed by atoms with Crippen LogP contribution < -0.4 is 11.1 Å². The number of nitrogen functional groups attached to an aromatic ring is 1. The molecule has 0 atom stereocenters. The van der Waals surface area contributed by atoms with Crippen LogP contribution in [0.1, 0.15) is 16.3 Å². The van der Waals surface area contributed by atoms with Crippen molar-refractivity contribution in [1.82, 2.24) is 10.3 Å². The van der Waals surface area contributed by atoms with Crippen molar-refractivity contribution in [1.29, 1.82) is 0 Å². The monoisotopic (exact) mass is 247 g/mol. The van der Waals surface area contributed by atoms with Gasteiger partial charge in [0.2, 0.25) is 0 Å². The second-order valence-corrected chi connectivity index (χ2v) is 5.09. The third-order valence-corrected chi connectivity index (χ3v) is 3.36. The number of nitrogens with two attached hydrogens (primary N) is 1. The first kappa shape index (κ1) is 12.1. The summed E-state index contributed by atoms with van der Waals surface area (Å²) in [6.45, 7) is 3.87. The average molecular weight is 247 g/mol. The smallest absolute Gasteiger partial charge is 0.0897 e. The minimum Gasteiger partial charge on any atom is -0.399 e. The fourth-order valence-electron chi connectivity index (χ4n) is 1.61. The van der Waals surface area contributed by atoms with E-state index in [1.165, 1.54) is 11.3 Å². The molecule has 0 saturated heterocycles. The summed E-state index contributed by atoms with van der Waals surface area (Å²) in [6, 6.07) is 7.96. The molecule has 0 spiro atoms. The number of thiazole rings is 1. The SMILES string of the molecule is Cc1nc(CCNCc2ccc(N)cc2)cs1. The maximum atomic E-state index is 5.63. The normalized spacial score (nSPS) is 10.6. The van der Waals surface area contributed by atoms with Crippen LogP contribution in [0.5, 0.6) is 0 Å². The molecule has 0 unspecified atom stereocenters. The van der Waals surface area contributed by atoms with Crippen molar-refractivity contribution in [3.05, 3.63) is 45.9 Å². The van der Waals surface area contributed by atoms with Crippen molar-refractivity contribution in [2.24, 2.45) is 0 Å². The zero-order valence-electron chi connectivity index (χ0n) is 9.94. The number of nitrogens with one attached hydrogen (secondary N) is 1. The molecule has 0 aliphatic carbocycles. The summed E-state index contributed by atoms with van der Waals surface area (Å²) < 4.78 is 0. The molecule has 0 aliphatic heterocycles. The standard InChI is InChI=1S/C13H17N3S/c1-10-16-13(9-17-10)6-7-15-8-11-2-4-12(14)5-3-11/h2-5,9,15H,6-8,14H2,1H3. The van der Waals surface area contributed by atoms with Gasteiger partial charge in [0, 0.05) is 30.6 Å². The maximum Gasteiger partial charge on any atom is 0.0897 e. The van der Waals surface area contributed by atoms with E-state index >= 15 is 0 Å². The lowest BCUT2D eigenvalue weighted by atomic mass is 10.2. The van der Waals surface area contributed by atoms with E-state index in [-0.39, 0.29) is 0 Å².